The minimum Gasteiger partial charge on any atom is -0.394 e. The molecule has 1 fully saturated rings. The van der Waals surface area contributed by atoms with Crippen molar-refractivity contribution < 1.29 is 34.4 Å². The number of nitroso groups, excluding NO2 is 1. The van der Waals surface area contributed by atoms with Crippen molar-refractivity contribution in [1.82, 2.24) is 10.5 Å². The van der Waals surface area contributed by atoms with Crippen molar-refractivity contribution in [2.24, 2.45) is 5.29 Å². The topological polar surface area (TPSA) is 150 Å². The van der Waals surface area contributed by atoms with Crippen LogP contribution in [0.4, 0.5) is 4.79 Å². The number of hydroxylamine groups is 1. The molecule has 4 N–H and O–H groups in total. The summed E-state index contributed by atoms with van der Waals surface area (Å²) < 4.78 is 9.87. The summed E-state index contributed by atoms with van der Waals surface area (Å²) in [5, 5.41) is 31.3. The van der Waals surface area contributed by atoms with E-state index in [0.717, 1.165) is 7.05 Å². The van der Waals surface area contributed by atoms with Gasteiger partial charge in [-0.15, -0.1) is 4.91 Å². The van der Waals surface area contributed by atoms with E-state index in [9.17, 15) is 19.9 Å². The Morgan fingerprint density at radius 2 is 2.10 bits per heavy atom. The highest BCUT2D eigenvalue weighted by molar-refractivity contribution is 5.72. The zero-order valence-corrected chi connectivity index (χ0v) is 10.9. The lowest BCUT2D eigenvalue weighted by molar-refractivity contribution is -0.307. The Morgan fingerprint density at radius 1 is 1.45 bits per heavy atom. The van der Waals surface area contributed by atoms with Gasteiger partial charge in [-0.3, -0.25) is 4.84 Å². The van der Waals surface area contributed by atoms with Crippen molar-refractivity contribution in [3.05, 3.63) is 4.91 Å². The molecule has 116 valence electrons. The molecule has 1 heterocycles. The number of rotatable bonds is 5. The fourth-order valence-corrected chi connectivity index (χ4v) is 1.68. The fourth-order valence-electron chi connectivity index (χ4n) is 1.68. The highest BCUT2D eigenvalue weighted by Crippen LogP contribution is 2.23. The van der Waals surface area contributed by atoms with Gasteiger partial charge in [0.05, 0.1) is 11.9 Å². The van der Waals surface area contributed by atoms with Crippen LogP contribution in [-0.2, 0) is 14.3 Å². The molecule has 0 bridgehead atoms. The van der Waals surface area contributed by atoms with Gasteiger partial charge in [-0.05, 0) is 0 Å². The Morgan fingerprint density at radius 3 is 2.60 bits per heavy atom. The van der Waals surface area contributed by atoms with E-state index in [1.165, 1.54) is 7.11 Å². The average Bonchev–Trinajstić information content (AvgIpc) is 2.46. The van der Waals surface area contributed by atoms with Crippen LogP contribution in [0.15, 0.2) is 5.29 Å². The first-order chi connectivity index (χ1) is 9.46. The summed E-state index contributed by atoms with van der Waals surface area (Å²) in [6.07, 6.45) is -6.22. The van der Waals surface area contributed by atoms with Crippen LogP contribution in [0.1, 0.15) is 0 Å². The molecule has 2 amide bonds. The normalized spacial score (nSPS) is 33.5. The van der Waals surface area contributed by atoms with Crippen LogP contribution in [0.3, 0.4) is 0 Å². The van der Waals surface area contributed by atoms with Gasteiger partial charge in [0.15, 0.2) is 12.4 Å². The number of aliphatic hydroxyl groups excluding tert-OH is 3. The number of carbonyl (C=O) groups is 1. The Hall–Kier alpha value is -1.37. The molecule has 20 heavy (non-hydrogen) atoms. The van der Waals surface area contributed by atoms with Gasteiger partial charge < -0.3 is 24.8 Å². The third-order valence-corrected chi connectivity index (χ3v) is 2.79. The zero-order valence-electron chi connectivity index (χ0n) is 10.9. The smallest absolute Gasteiger partial charge is 0.364 e. The highest BCUT2D eigenvalue weighted by Gasteiger charge is 2.46. The number of hydrogen-bond acceptors (Lipinski definition) is 9. The van der Waals surface area contributed by atoms with Crippen LogP contribution < -0.4 is 5.48 Å². The van der Waals surface area contributed by atoms with Gasteiger partial charge in [0.1, 0.15) is 18.3 Å². The number of nitrogens with one attached hydrogen (secondary N) is 1. The van der Waals surface area contributed by atoms with E-state index >= 15 is 0 Å². The number of ether oxygens (including phenoxy) is 2. The van der Waals surface area contributed by atoms with Crippen LogP contribution in [0.5, 0.6) is 0 Å². The maximum absolute atomic E-state index is 11.3. The zero-order chi connectivity index (χ0) is 15.3. The lowest BCUT2D eigenvalue weighted by Crippen LogP contribution is -2.61. The Balaban J connectivity index is 2.67. The number of nitrogens with zero attached hydrogens (tertiary/aromatic N) is 2. The second kappa shape index (κ2) is 7.42. The lowest BCUT2D eigenvalue weighted by atomic mass is 9.99. The third-order valence-electron chi connectivity index (χ3n) is 2.79. The summed E-state index contributed by atoms with van der Waals surface area (Å²) in [4.78, 5) is 26.2. The molecular weight excluding hydrogens is 278 g/mol. The number of methoxy groups -OCH3 is 1. The van der Waals surface area contributed by atoms with Gasteiger partial charge in [0.25, 0.3) is 0 Å². The summed E-state index contributed by atoms with van der Waals surface area (Å²) in [5.74, 6) is 0. The Kier molecular flexibility index (Phi) is 6.19. The molecule has 11 nitrogen and oxygen atoms in total. The SMILES string of the molecule is CO[C@H]1[C@H](O)[C@@H](CO)OC(O)[C@@H]1ONC(=O)N(C)N=O. The molecule has 5 atom stereocenters. The van der Waals surface area contributed by atoms with Crippen LogP contribution in [0.25, 0.3) is 0 Å². The molecule has 0 saturated carbocycles. The van der Waals surface area contributed by atoms with E-state index in [2.05, 4.69) is 5.29 Å². The van der Waals surface area contributed by atoms with Gasteiger partial charge in [-0.2, -0.15) is 5.01 Å². The minimum atomic E-state index is -1.56. The van der Waals surface area contributed by atoms with E-state index in [4.69, 9.17) is 19.4 Å². The Labute approximate surface area is 113 Å². The monoisotopic (exact) mass is 295 g/mol. The molecule has 1 aliphatic rings. The maximum atomic E-state index is 11.3. The number of hydrogen-bond donors (Lipinski definition) is 4. The number of carbonyl (C=O) groups excluding carboxylic acids is 1. The predicted octanol–water partition coefficient (Wildman–Crippen LogP) is -2.31. The first-order valence-corrected chi connectivity index (χ1v) is 5.64. The van der Waals surface area contributed by atoms with Gasteiger partial charge in [0.2, 0.25) is 0 Å². The molecule has 0 aromatic heterocycles. The van der Waals surface area contributed by atoms with Crippen molar-refractivity contribution in [3.8, 4) is 0 Å². The van der Waals surface area contributed by atoms with Crippen LogP contribution in [-0.4, -0.2) is 77.8 Å². The minimum absolute atomic E-state index is 0.421. The Bertz CT molecular complexity index is 343. The van der Waals surface area contributed by atoms with Crippen LogP contribution in [0, 0.1) is 4.91 Å². The molecule has 0 aromatic rings. The second-order valence-electron chi connectivity index (χ2n) is 4.03. The van der Waals surface area contributed by atoms with Crippen molar-refractivity contribution in [2.45, 2.75) is 30.7 Å². The van der Waals surface area contributed by atoms with E-state index in [-0.39, 0.29) is 0 Å². The van der Waals surface area contributed by atoms with Crippen molar-refractivity contribution in [3.63, 3.8) is 0 Å². The lowest BCUT2D eigenvalue weighted by Gasteiger charge is -2.40. The largest absolute Gasteiger partial charge is 0.394 e. The number of urea groups is 1. The summed E-state index contributed by atoms with van der Waals surface area (Å²) in [6, 6.07) is -0.985. The molecule has 1 saturated heterocycles. The van der Waals surface area contributed by atoms with Crippen LogP contribution >= 0.6 is 0 Å². The third kappa shape index (κ3) is 3.59. The van der Waals surface area contributed by atoms with Gasteiger partial charge in [-0.1, -0.05) is 0 Å². The molecule has 0 aromatic carbocycles. The van der Waals surface area contributed by atoms with E-state index < -0.39 is 43.3 Å². The summed E-state index contributed by atoms with van der Waals surface area (Å²) in [5.41, 5.74) is 1.85. The summed E-state index contributed by atoms with van der Waals surface area (Å²) >= 11 is 0. The van der Waals surface area contributed by atoms with Crippen molar-refractivity contribution >= 4 is 6.03 Å². The average molecular weight is 295 g/mol. The number of amides is 2. The molecule has 1 unspecified atom stereocenters. The quantitative estimate of drug-likeness (QED) is 0.326. The number of aliphatic hydroxyl groups is 3. The van der Waals surface area contributed by atoms with Crippen LogP contribution in [0.2, 0.25) is 0 Å². The molecular formula is C9H17N3O8. The van der Waals surface area contributed by atoms with Gasteiger partial charge >= 0.3 is 6.03 Å². The van der Waals surface area contributed by atoms with E-state index in [0.29, 0.717) is 5.01 Å². The van der Waals surface area contributed by atoms with E-state index in [1.54, 1.807) is 0 Å². The van der Waals surface area contributed by atoms with E-state index in [1.807, 2.05) is 5.48 Å². The molecule has 0 radical (unpaired) electrons. The molecule has 1 rings (SSSR count). The standard InChI is InChI=1S/C9H17N3O8/c1-12(11-17)9(16)10-20-7-6(18-2)5(14)4(3-13)19-8(7)15/h4-8,13-15H,3H2,1-2H3,(H,10,16)/t4-,5-,6+,7-,8?/m1/s1. The molecule has 1 aliphatic heterocycles. The highest BCUT2D eigenvalue weighted by atomic mass is 16.7. The summed E-state index contributed by atoms with van der Waals surface area (Å²) in [6.45, 7) is -0.533. The molecule has 0 spiro atoms. The molecule has 0 aliphatic carbocycles. The predicted molar refractivity (Wildman–Crippen MR) is 61.7 cm³/mol. The first kappa shape index (κ1) is 16.7. The molecule has 11 heteroatoms. The summed E-state index contributed by atoms with van der Waals surface area (Å²) in [7, 11) is 2.33. The van der Waals surface area contributed by atoms with Gasteiger partial charge in [-0.25, -0.2) is 10.3 Å². The second-order valence-corrected chi connectivity index (χ2v) is 4.03. The fraction of sp³-hybridized carbons (Fsp3) is 0.889. The maximum Gasteiger partial charge on any atom is 0.364 e. The first-order valence-electron chi connectivity index (χ1n) is 5.64. The van der Waals surface area contributed by atoms with Crippen molar-refractivity contribution in [2.75, 3.05) is 20.8 Å². The van der Waals surface area contributed by atoms with Crippen molar-refractivity contribution in [1.29, 1.82) is 0 Å². The van der Waals surface area contributed by atoms with Gasteiger partial charge in [0, 0.05) is 14.2 Å².